The first kappa shape index (κ1) is 10.6. The summed E-state index contributed by atoms with van der Waals surface area (Å²) in [6, 6.07) is 9.43. The van der Waals surface area contributed by atoms with Crippen molar-refractivity contribution in [3.63, 3.8) is 0 Å². The zero-order valence-electron chi connectivity index (χ0n) is 8.20. The predicted octanol–water partition coefficient (Wildman–Crippen LogP) is 0.258. The Bertz CT molecular complexity index is 485. The summed E-state index contributed by atoms with van der Waals surface area (Å²) in [7, 11) is 0. The lowest BCUT2D eigenvalue weighted by molar-refractivity contribution is -0.697. The number of aromatic nitrogens is 4. The first-order valence-corrected chi connectivity index (χ1v) is 5.49. The zero-order valence-corrected chi connectivity index (χ0v) is 9.02. The SMILES string of the molecule is O=C(O)CSc1nn[nH][n+]1-c1ccccc1. The van der Waals surface area contributed by atoms with Crippen molar-refractivity contribution >= 4 is 17.7 Å². The summed E-state index contributed by atoms with van der Waals surface area (Å²) in [4.78, 5) is 10.5. The molecule has 1 aromatic heterocycles. The maximum atomic E-state index is 10.5. The Labute approximate surface area is 95.3 Å². The molecule has 0 spiro atoms. The van der Waals surface area contributed by atoms with Crippen LogP contribution in [-0.2, 0) is 4.79 Å². The number of hydrogen-bond donors (Lipinski definition) is 2. The lowest BCUT2D eigenvalue weighted by Gasteiger charge is -1.96. The van der Waals surface area contributed by atoms with Gasteiger partial charge in [-0.05, 0) is 23.9 Å². The molecular weight excluding hydrogens is 228 g/mol. The number of carboxylic acids is 1. The Morgan fingerprint density at radius 1 is 1.44 bits per heavy atom. The molecule has 0 fully saturated rings. The van der Waals surface area contributed by atoms with E-state index in [0.717, 1.165) is 17.4 Å². The van der Waals surface area contributed by atoms with Gasteiger partial charge < -0.3 is 5.11 Å². The second-order valence-electron chi connectivity index (χ2n) is 2.94. The highest BCUT2D eigenvalue weighted by Gasteiger charge is 2.17. The summed E-state index contributed by atoms with van der Waals surface area (Å²) in [6.45, 7) is 0. The van der Waals surface area contributed by atoms with E-state index in [9.17, 15) is 4.79 Å². The molecule has 0 saturated carbocycles. The molecule has 2 N–H and O–H groups in total. The van der Waals surface area contributed by atoms with Gasteiger partial charge >= 0.3 is 11.1 Å². The largest absolute Gasteiger partial charge is 0.481 e. The Morgan fingerprint density at radius 2 is 2.19 bits per heavy atom. The van der Waals surface area contributed by atoms with Gasteiger partial charge in [0.25, 0.3) is 0 Å². The van der Waals surface area contributed by atoms with E-state index in [-0.39, 0.29) is 5.75 Å². The number of aliphatic carboxylic acids is 1. The van der Waals surface area contributed by atoms with Crippen molar-refractivity contribution in [3.05, 3.63) is 30.3 Å². The molecule has 0 aliphatic rings. The van der Waals surface area contributed by atoms with Crippen LogP contribution >= 0.6 is 11.8 Å². The third kappa shape index (κ3) is 2.37. The van der Waals surface area contributed by atoms with Crippen LogP contribution in [0.25, 0.3) is 5.69 Å². The standard InChI is InChI=1S/C9H8N4O2S/c14-8(15)6-16-9-10-11-12-13(9)7-4-2-1-3-5-7/h1-5H,6H2,(H,14,15)/p+1. The lowest BCUT2D eigenvalue weighted by atomic mass is 10.3. The summed E-state index contributed by atoms with van der Waals surface area (Å²) >= 11 is 1.12. The van der Waals surface area contributed by atoms with Gasteiger partial charge in [-0.25, -0.2) is 0 Å². The molecule has 2 aromatic rings. The summed E-state index contributed by atoms with van der Waals surface area (Å²) in [5.74, 6) is -0.924. The third-order valence-electron chi connectivity index (χ3n) is 1.81. The maximum absolute atomic E-state index is 10.5. The quantitative estimate of drug-likeness (QED) is 0.588. The molecule has 2 rings (SSSR count). The number of H-pyrrole nitrogens is 1. The van der Waals surface area contributed by atoms with Gasteiger partial charge in [-0.2, -0.15) is 0 Å². The number of nitrogens with zero attached hydrogens (tertiary/aromatic N) is 3. The van der Waals surface area contributed by atoms with Crippen molar-refractivity contribution in [3.8, 4) is 5.69 Å². The van der Waals surface area contributed by atoms with Gasteiger partial charge in [-0.15, -0.1) is 4.68 Å². The molecule has 0 aliphatic carbocycles. The highest BCUT2D eigenvalue weighted by Crippen LogP contribution is 2.10. The molecule has 0 saturated heterocycles. The molecule has 6 nitrogen and oxygen atoms in total. The van der Waals surface area contributed by atoms with E-state index < -0.39 is 5.97 Å². The molecule has 0 radical (unpaired) electrons. The van der Waals surface area contributed by atoms with Crippen LogP contribution in [0.5, 0.6) is 0 Å². The van der Waals surface area contributed by atoms with Gasteiger partial charge in [0.2, 0.25) is 0 Å². The summed E-state index contributed by atoms with van der Waals surface area (Å²) in [5.41, 5.74) is 0.861. The van der Waals surface area contributed by atoms with Crippen molar-refractivity contribution < 1.29 is 14.6 Å². The number of carbonyl (C=O) groups is 1. The van der Waals surface area contributed by atoms with Gasteiger partial charge in [0.15, 0.2) is 5.21 Å². The second-order valence-corrected chi connectivity index (χ2v) is 3.88. The molecule has 1 heterocycles. The smallest absolute Gasteiger partial charge is 0.365 e. The number of tetrazole rings is 1. The number of carboxylic acid groups (broad SMARTS) is 1. The summed E-state index contributed by atoms with van der Waals surface area (Å²) in [5, 5.41) is 19.3. The van der Waals surface area contributed by atoms with Crippen molar-refractivity contribution in [1.82, 2.24) is 15.5 Å². The van der Waals surface area contributed by atoms with E-state index in [2.05, 4.69) is 15.5 Å². The van der Waals surface area contributed by atoms with Crippen LogP contribution in [0, 0.1) is 0 Å². The van der Waals surface area contributed by atoms with Crippen LogP contribution in [0.1, 0.15) is 0 Å². The van der Waals surface area contributed by atoms with Gasteiger partial charge in [0, 0.05) is 0 Å². The van der Waals surface area contributed by atoms with Gasteiger partial charge in [-0.1, -0.05) is 23.4 Å². The fourth-order valence-electron chi connectivity index (χ4n) is 1.16. The van der Waals surface area contributed by atoms with E-state index in [0.29, 0.717) is 5.16 Å². The van der Waals surface area contributed by atoms with Crippen molar-refractivity contribution in [1.29, 1.82) is 0 Å². The third-order valence-corrected chi connectivity index (χ3v) is 2.72. The number of para-hydroxylation sites is 1. The van der Waals surface area contributed by atoms with Crippen molar-refractivity contribution in [2.75, 3.05) is 5.75 Å². The second kappa shape index (κ2) is 4.75. The predicted molar refractivity (Wildman–Crippen MR) is 56.3 cm³/mol. The fraction of sp³-hybridized carbons (Fsp3) is 0.111. The number of benzene rings is 1. The van der Waals surface area contributed by atoms with Crippen molar-refractivity contribution in [2.45, 2.75) is 5.16 Å². The van der Waals surface area contributed by atoms with Crippen LogP contribution < -0.4 is 4.68 Å². The number of thioether (sulfide) groups is 1. The first-order valence-electron chi connectivity index (χ1n) is 4.50. The van der Waals surface area contributed by atoms with Crippen LogP contribution in [0.2, 0.25) is 0 Å². The van der Waals surface area contributed by atoms with Gasteiger partial charge in [0.1, 0.15) is 16.5 Å². The van der Waals surface area contributed by atoms with Crippen LogP contribution in [0.15, 0.2) is 35.5 Å². The number of rotatable bonds is 4. The maximum Gasteiger partial charge on any atom is 0.365 e. The topological polar surface area (TPSA) is 82.8 Å². The first-order chi connectivity index (χ1) is 7.77. The Balaban J connectivity index is 2.23. The highest BCUT2D eigenvalue weighted by molar-refractivity contribution is 7.99. The number of nitrogens with one attached hydrogen (secondary N) is 1. The average Bonchev–Trinajstić information content (AvgIpc) is 2.75. The number of aromatic amines is 1. The number of hydrogen-bond acceptors (Lipinski definition) is 4. The van der Waals surface area contributed by atoms with Gasteiger partial charge in [-0.3, -0.25) is 4.79 Å². The van der Waals surface area contributed by atoms with E-state index in [1.807, 2.05) is 30.3 Å². The minimum absolute atomic E-state index is 0.0423. The minimum Gasteiger partial charge on any atom is -0.481 e. The van der Waals surface area contributed by atoms with E-state index in [4.69, 9.17) is 5.11 Å². The van der Waals surface area contributed by atoms with Crippen molar-refractivity contribution in [2.24, 2.45) is 0 Å². The molecule has 0 bridgehead atoms. The lowest BCUT2D eigenvalue weighted by Crippen LogP contribution is -2.35. The molecule has 0 amide bonds. The Hall–Kier alpha value is -1.89. The summed E-state index contributed by atoms with van der Waals surface area (Å²) < 4.78 is 1.63. The molecule has 0 unspecified atom stereocenters. The minimum atomic E-state index is -0.882. The fourth-order valence-corrected chi connectivity index (χ4v) is 1.79. The molecular formula is C9H9N4O2S+. The molecule has 16 heavy (non-hydrogen) atoms. The molecule has 1 aromatic carbocycles. The molecule has 0 atom stereocenters. The average molecular weight is 237 g/mol. The molecule has 7 heteroatoms. The molecule has 82 valence electrons. The highest BCUT2D eigenvalue weighted by atomic mass is 32.2. The zero-order chi connectivity index (χ0) is 11.4. The van der Waals surface area contributed by atoms with Gasteiger partial charge in [0.05, 0.1) is 0 Å². The molecule has 0 aliphatic heterocycles. The van der Waals surface area contributed by atoms with Crippen LogP contribution in [-0.4, -0.2) is 32.4 Å². The van der Waals surface area contributed by atoms with E-state index in [1.54, 1.807) is 4.68 Å². The summed E-state index contributed by atoms with van der Waals surface area (Å²) in [6.07, 6.45) is 0. The Morgan fingerprint density at radius 3 is 2.88 bits per heavy atom. The monoisotopic (exact) mass is 237 g/mol. The normalized spacial score (nSPS) is 10.2. The van der Waals surface area contributed by atoms with Crippen LogP contribution in [0.4, 0.5) is 0 Å². The van der Waals surface area contributed by atoms with E-state index in [1.165, 1.54) is 0 Å². The van der Waals surface area contributed by atoms with Crippen LogP contribution in [0.3, 0.4) is 0 Å². The van der Waals surface area contributed by atoms with E-state index >= 15 is 0 Å². The Kier molecular flexibility index (Phi) is 3.16.